The average molecular weight is 235 g/mol. The highest BCUT2D eigenvalue weighted by Crippen LogP contribution is 2.03. The van der Waals surface area contributed by atoms with Gasteiger partial charge in [0.25, 0.3) is 0 Å². The molecule has 0 fully saturated rings. The number of carbonyl (C=O) groups is 2. The van der Waals surface area contributed by atoms with Gasteiger partial charge in [-0.2, -0.15) is 0 Å². The third-order valence-electron chi connectivity index (χ3n) is 2.22. The van der Waals surface area contributed by atoms with Gasteiger partial charge in [0.05, 0.1) is 6.04 Å². The van der Waals surface area contributed by atoms with Crippen LogP contribution in [0.15, 0.2) is 30.3 Å². The summed E-state index contributed by atoms with van der Waals surface area (Å²) in [5.74, 6) is -0.466. The highest BCUT2D eigenvalue weighted by molar-refractivity contribution is 5.73. The van der Waals surface area contributed by atoms with Crippen LogP contribution in [0.1, 0.15) is 19.4 Å². The standard InChI is InChI=1S/C13H17NO3/c1-10(15)14-13(9-17-11(2)16)8-12-6-4-3-5-7-12/h3-7,13H,8-9H2,1-2H3,(H,14,15)/t13-/m1/s1. The number of nitrogens with one attached hydrogen (secondary N) is 1. The van der Waals surface area contributed by atoms with Gasteiger partial charge in [-0.1, -0.05) is 30.3 Å². The van der Waals surface area contributed by atoms with Gasteiger partial charge >= 0.3 is 5.97 Å². The highest BCUT2D eigenvalue weighted by Gasteiger charge is 2.12. The molecule has 0 saturated heterocycles. The van der Waals surface area contributed by atoms with Gasteiger partial charge in [-0.15, -0.1) is 0 Å². The highest BCUT2D eigenvalue weighted by atomic mass is 16.5. The molecule has 17 heavy (non-hydrogen) atoms. The minimum absolute atomic E-state index is 0.127. The van der Waals surface area contributed by atoms with E-state index in [1.165, 1.54) is 13.8 Å². The van der Waals surface area contributed by atoms with E-state index in [0.29, 0.717) is 6.42 Å². The first-order valence-corrected chi connectivity index (χ1v) is 5.52. The number of carbonyl (C=O) groups excluding carboxylic acids is 2. The Balaban J connectivity index is 2.56. The van der Waals surface area contributed by atoms with Crippen molar-refractivity contribution in [1.29, 1.82) is 0 Å². The molecule has 0 bridgehead atoms. The molecule has 0 saturated carbocycles. The van der Waals surface area contributed by atoms with E-state index in [2.05, 4.69) is 5.32 Å². The van der Waals surface area contributed by atoms with Crippen LogP contribution in [-0.2, 0) is 20.7 Å². The Bertz CT molecular complexity index is 376. The van der Waals surface area contributed by atoms with Crippen LogP contribution in [0.25, 0.3) is 0 Å². The maximum atomic E-state index is 11.0. The van der Waals surface area contributed by atoms with Gasteiger partial charge < -0.3 is 10.1 Å². The Morgan fingerprint density at radius 1 is 1.24 bits per heavy atom. The van der Waals surface area contributed by atoms with E-state index in [9.17, 15) is 9.59 Å². The molecule has 1 aromatic carbocycles. The number of benzene rings is 1. The van der Waals surface area contributed by atoms with Gasteiger partial charge in [0.15, 0.2) is 0 Å². The molecule has 0 heterocycles. The number of hydrogen-bond acceptors (Lipinski definition) is 3. The zero-order valence-electron chi connectivity index (χ0n) is 10.1. The predicted octanol–water partition coefficient (Wildman–Crippen LogP) is 1.30. The molecule has 0 unspecified atom stereocenters. The summed E-state index contributed by atoms with van der Waals surface area (Å²) in [6.07, 6.45) is 0.647. The van der Waals surface area contributed by atoms with Crippen molar-refractivity contribution >= 4 is 11.9 Å². The van der Waals surface area contributed by atoms with Gasteiger partial charge in [0.2, 0.25) is 5.91 Å². The Morgan fingerprint density at radius 2 is 1.88 bits per heavy atom. The Hall–Kier alpha value is -1.84. The average Bonchev–Trinajstić information content (AvgIpc) is 2.26. The van der Waals surface area contributed by atoms with Crippen molar-refractivity contribution in [3.05, 3.63) is 35.9 Å². The van der Waals surface area contributed by atoms with E-state index >= 15 is 0 Å². The van der Waals surface area contributed by atoms with Crippen LogP contribution in [0.3, 0.4) is 0 Å². The molecule has 4 heteroatoms. The fourth-order valence-corrected chi connectivity index (χ4v) is 1.56. The smallest absolute Gasteiger partial charge is 0.302 e. The fraction of sp³-hybridized carbons (Fsp3) is 0.385. The Labute approximate surface area is 101 Å². The molecular weight excluding hydrogens is 218 g/mol. The van der Waals surface area contributed by atoms with Crippen LogP contribution in [0.5, 0.6) is 0 Å². The molecule has 1 aromatic rings. The summed E-state index contributed by atoms with van der Waals surface area (Å²) in [5.41, 5.74) is 1.10. The van der Waals surface area contributed by atoms with Gasteiger partial charge in [-0.05, 0) is 12.0 Å². The lowest BCUT2D eigenvalue weighted by atomic mass is 10.1. The van der Waals surface area contributed by atoms with E-state index in [1.54, 1.807) is 0 Å². The molecule has 0 aliphatic carbocycles. The molecule has 1 atom stereocenters. The van der Waals surface area contributed by atoms with Crippen molar-refractivity contribution < 1.29 is 14.3 Å². The van der Waals surface area contributed by atoms with Crippen molar-refractivity contribution in [1.82, 2.24) is 5.32 Å². The predicted molar refractivity (Wildman–Crippen MR) is 64.4 cm³/mol. The quantitative estimate of drug-likeness (QED) is 0.782. The molecule has 4 nitrogen and oxygen atoms in total. The number of rotatable bonds is 5. The van der Waals surface area contributed by atoms with E-state index in [4.69, 9.17) is 4.74 Å². The van der Waals surface area contributed by atoms with Crippen LogP contribution in [0.2, 0.25) is 0 Å². The molecule has 0 aliphatic heterocycles. The van der Waals surface area contributed by atoms with Crippen molar-refractivity contribution in [3.63, 3.8) is 0 Å². The van der Waals surface area contributed by atoms with Crippen LogP contribution < -0.4 is 5.32 Å². The second-order valence-corrected chi connectivity index (χ2v) is 3.89. The minimum atomic E-state index is -0.339. The second kappa shape index (κ2) is 6.68. The van der Waals surface area contributed by atoms with Crippen molar-refractivity contribution in [2.45, 2.75) is 26.3 Å². The van der Waals surface area contributed by atoms with Crippen LogP contribution in [-0.4, -0.2) is 24.5 Å². The largest absolute Gasteiger partial charge is 0.464 e. The first-order chi connectivity index (χ1) is 8.08. The lowest BCUT2D eigenvalue weighted by Crippen LogP contribution is -2.39. The molecule has 0 radical (unpaired) electrons. The van der Waals surface area contributed by atoms with E-state index in [-0.39, 0.29) is 24.5 Å². The van der Waals surface area contributed by atoms with Crippen LogP contribution >= 0.6 is 0 Å². The Morgan fingerprint density at radius 3 is 2.41 bits per heavy atom. The molecule has 1 rings (SSSR count). The first-order valence-electron chi connectivity index (χ1n) is 5.52. The number of esters is 1. The third kappa shape index (κ3) is 5.70. The minimum Gasteiger partial charge on any atom is -0.464 e. The summed E-state index contributed by atoms with van der Waals surface area (Å²) in [6.45, 7) is 3.00. The van der Waals surface area contributed by atoms with Crippen LogP contribution in [0, 0.1) is 0 Å². The van der Waals surface area contributed by atoms with E-state index in [1.807, 2.05) is 30.3 Å². The summed E-state index contributed by atoms with van der Waals surface area (Å²) in [5, 5.41) is 2.77. The van der Waals surface area contributed by atoms with Gasteiger partial charge in [0.1, 0.15) is 6.61 Å². The zero-order valence-corrected chi connectivity index (χ0v) is 10.1. The van der Waals surface area contributed by atoms with Gasteiger partial charge in [-0.25, -0.2) is 0 Å². The molecular formula is C13H17NO3. The molecule has 0 aliphatic rings. The summed E-state index contributed by atoms with van der Waals surface area (Å²) in [4.78, 5) is 21.8. The number of ether oxygens (including phenoxy) is 1. The molecule has 0 aromatic heterocycles. The molecule has 92 valence electrons. The number of amides is 1. The summed E-state index contributed by atoms with van der Waals surface area (Å²) in [6, 6.07) is 9.57. The third-order valence-corrected chi connectivity index (χ3v) is 2.22. The van der Waals surface area contributed by atoms with E-state index < -0.39 is 0 Å². The van der Waals surface area contributed by atoms with Crippen molar-refractivity contribution in [2.24, 2.45) is 0 Å². The normalized spacial score (nSPS) is 11.6. The maximum absolute atomic E-state index is 11.0. The van der Waals surface area contributed by atoms with E-state index in [0.717, 1.165) is 5.56 Å². The lowest BCUT2D eigenvalue weighted by Gasteiger charge is -2.17. The monoisotopic (exact) mass is 235 g/mol. The Kier molecular flexibility index (Phi) is 5.20. The summed E-state index contributed by atoms with van der Waals surface area (Å²) in [7, 11) is 0. The fourth-order valence-electron chi connectivity index (χ4n) is 1.56. The van der Waals surface area contributed by atoms with Crippen molar-refractivity contribution in [3.8, 4) is 0 Å². The molecule has 1 N–H and O–H groups in total. The van der Waals surface area contributed by atoms with Crippen LogP contribution in [0.4, 0.5) is 0 Å². The van der Waals surface area contributed by atoms with Crippen molar-refractivity contribution in [2.75, 3.05) is 6.61 Å². The zero-order chi connectivity index (χ0) is 12.7. The van der Waals surface area contributed by atoms with Gasteiger partial charge in [-0.3, -0.25) is 9.59 Å². The SMILES string of the molecule is CC(=O)N[C@@H](COC(C)=O)Cc1ccccc1. The summed E-state index contributed by atoms with van der Waals surface area (Å²) >= 11 is 0. The maximum Gasteiger partial charge on any atom is 0.302 e. The second-order valence-electron chi connectivity index (χ2n) is 3.89. The molecule has 1 amide bonds. The molecule has 0 spiro atoms. The van der Waals surface area contributed by atoms with Gasteiger partial charge in [0, 0.05) is 13.8 Å². The topological polar surface area (TPSA) is 55.4 Å². The lowest BCUT2D eigenvalue weighted by molar-refractivity contribution is -0.142. The summed E-state index contributed by atoms with van der Waals surface area (Å²) < 4.78 is 4.92. The first kappa shape index (κ1) is 13.2. The number of hydrogen-bond donors (Lipinski definition) is 1.